The van der Waals surface area contributed by atoms with Gasteiger partial charge in [0.15, 0.2) is 0 Å². The molecule has 0 unspecified atom stereocenters. The molecular formula is C30H37FN2O2. The Labute approximate surface area is 209 Å². The van der Waals surface area contributed by atoms with Crippen LogP contribution >= 0.6 is 0 Å². The van der Waals surface area contributed by atoms with E-state index in [1.807, 2.05) is 24.3 Å². The molecule has 1 aliphatic rings. The van der Waals surface area contributed by atoms with E-state index in [0.717, 1.165) is 61.9 Å². The van der Waals surface area contributed by atoms with Crippen LogP contribution in [0.4, 0.5) is 10.1 Å². The van der Waals surface area contributed by atoms with Gasteiger partial charge in [0.25, 0.3) is 0 Å². The molecule has 0 radical (unpaired) electrons. The highest BCUT2D eigenvalue weighted by Crippen LogP contribution is 2.31. The molecule has 1 aliphatic heterocycles. The highest BCUT2D eigenvalue weighted by molar-refractivity contribution is 5.58. The predicted octanol–water partition coefficient (Wildman–Crippen LogP) is 6.60. The zero-order chi connectivity index (χ0) is 24.8. The summed E-state index contributed by atoms with van der Waals surface area (Å²) in [5.41, 5.74) is 4.73. The topological polar surface area (TPSA) is 24.9 Å². The minimum atomic E-state index is -0.225. The van der Waals surface area contributed by atoms with E-state index in [1.54, 1.807) is 7.11 Å². The van der Waals surface area contributed by atoms with Crippen molar-refractivity contribution in [3.63, 3.8) is 0 Å². The lowest BCUT2D eigenvalue weighted by Crippen LogP contribution is -2.47. The minimum absolute atomic E-state index is 0.132. The fourth-order valence-electron chi connectivity index (χ4n) is 4.91. The Hall–Kier alpha value is -3.05. The van der Waals surface area contributed by atoms with Crippen molar-refractivity contribution in [2.75, 3.05) is 44.7 Å². The van der Waals surface area contributed by atoms with E-state index in [4.69, 9.17) is 9.47 Å². The van der Waals surface area contributed by atoms with Gasteiger partial charge in [-0.1, -0.05) is 44.2 Å². The number of nitrogens with zero attached hydrogens (tertiary/aromatic N) is 2. The first kappa shape index (κ1) is 25.1. The third kappa shape index (κ3) is 6.34. The van der Waals surface area contributed by atoms with Crippen molar-refractivity contribution >= 4 is 5.69 Å². The molecule has 0 aromatic heterocycles. The smallest absolute Gasteiger partial charge is 0.142 e. The van der Waals surface area contributed by atoms with Gasteiger partial charge in [0.1, 0.15) is 23.4 Å². The average molecular weight is 477 g/mol. The molecule has 5 heteroatoms. The second-order valence-electron chi connectivity index (χ2n) is 9.62. The predicted molar refractivity (Wildman–Crippen MR) is 141 cm³/mol. The summed E-state index contributed by atoms with van der Waals surface area (Å²) in [6.07, 6.45) is 0.706. The van der Waals surface area contributed by atoms with Crippen molar-refractivity contribution in [2.24, 2.45) is 0 Å². The molecule has 1 fully saturated rings. The largest absolute Gasteiger partial charge is 0.495 e. The van der Waals surface area contributed by atoms with Crippen LogP contribution in [0.5, 0.6) is 11.5 Å². The summed E-state index contributed by atoms with van der Waals surface area (Å²) < 4.78 is 25.6. The number of rotatable bonds is 9. The zero-order valence-electron chi connectivity index (χ0n) is 21.3. The summed E-state index contributed by atoms with van der Waals surface area (Å²) in [5, 5.41) is 0. The first-order valence-electron chi connectivity index (χ1n) is 12.6. The molecule has 4 rings (SSSR count). The van der Waals surface area contributed by atoms with Gasteiger partial charge in [-0.2, -0.15) is 0 Å². The van der Waals surface area contributed by atoms with Crippen molar-refractivity contribution < 1.29 is 13.9 Å². The van der Waals surface area contributed by atoms with Crippen molar-refractivity contribution in [1.82, 2.24) is 4.90 Å². The van der Waals surface area contributed by atoms with Gasteiger partial charge in [0.2, 0.25) is 0 Å². The van der Waals surface area contributed by atoms with Crippen LogP contribution in [0.3, 0.4) is 0 Å². The second kappa shape index (κ2) is 11.6. The molecule has 3 aromatic rings. The summed E-state index contributed by atoms with van der Waals surface area (Å²) in [6, 6.07) is 21.3. The fraction of sp³-hybridized carbons (Fsp3) is 0.400. The Morgan fingerprint density at radius 3 is 2.29 bits per heavy atom. The number of hydrogen-bond donors (Lipinski definition) is 0. The lowest BCUT2D eigenvalue weighted by atomic mass is 9.98. The first-order valence-corrected chi connectivity index (χ1v) is 12.6. The molecule has 1 atom stereocenters. The molecule has 3 aromatic carbocycles. The van der Waals surface area contributed by atoms with Crippen LogP contribution < -0.4 is 14.4 Å². The van der Waals surface area contributed by atoms with Gasteiger partial charge in [0.05, 0.1) is 12.8 Å². The number of aryl methyl sites for hydroxylation is 1. The fourth-order valence-corrected chi connectivity index (χ4v) is 4.91. The molecule has 0 saturated carbocycles. The Morgan fingerprint density at radius 1 is 0.914 bits per heavy atom. The summed E-state index contributed by atoms with van der Waals surface area (Å²) in [5.74, 6) is 2.04. The van der Waals surface area contributed by atoms with Crippen molar-refractivity contribution in [3.05, 3.63) is 89.2 Å². The lowest BCUT2D eigenvalue weighted by Gasteiger charge is -2.37. The van der Waals surface area contributed by atoms with Crippen molar-refractivity contribution in [2.45, 2.75) is 39.2 Å². The average Bonchev–Trinajstić information content (AvgIpc) is 2.87. The standard InChI is InChI=1S/C30H37FN2O2/c1-22(2)27-14-13-26(21-23(27)3)35-29(24-9-11-25(31)12-10-24)15-16-32-17-19-33(20-18-32)28-7-5-6-8-30(28)34-4/h5-14,21-22,29H,15-20H2,1-4H3/t29-/m0/s1. The summed E-state index contributed by atoms with van der Waals surface area (Å²) in [7, 11) is 1.72. The quantitative estimate of drug-likeness (QED) is 0.347. The van der Waals surface area contributed by atoms with Crippen LogP contribution in [0, 0.1) is 12.7 Å². The molecule has 1 heterocycles. The van der Waals surface area contributed by atoms with Crippen molar-refractivity contribution in [3.8, 4) is 11.5 Å². The van der Waals surface area contributed by atoms with Crippen LogP contribution in [0.15, 0.2) is 66.7 Å². The van der Waals surface area contributed by atoms with Crippen LogP contribution in [0.2, 0.25) is 0 Å². The number of para-hydroxylation sites is 2. The number of anilines is 1. The van der Waals surface area contributed by atoms with Crippen LogP contribution in [0.1, 0.15) is 49.0 Å². The van der Waals surface area contributed by atoms with E-state index >= 15 is 0 Å². The van der Waals surface area contributed by atoms with E-state index in [0.29, 0.717) is 5.92 Å². The third-order valence-corrected chi connectivity index (χ3v) is 6.89. The Balaban J connectivity index is 1.41. The third-order valence-electron chi connectivity index (χ3n) is 6.89. The molecule has 0 bridgehead atoms. The lowest BCUT2D eigenvalue weighted by molar-refractivity contribution is 0.160. The van der Waals surface area contributed by atoms with Gasteiger partial charge in [-0.05, 0) is 65.9 Å². The van der Waals surface area contributed by atoms with Gasteiger partial charge in [-0.3, -0.25) is 4.90 Å². The second-order valence-corrected chi connectivity index (χ2v) is 9.62. The van der Waals surface area contributed by atoms with Crippen LogP contribution in [-0.2, 0) is 0 Å². The Kier molecular flexibility index (Phi) is 8.29. The Morgan fingerprint density at radius 2 is 1.63 bits per heavy atom. The van der Waals surface area contributed by atoms with E-state index in [1.165, 1.54) is 23.3 Å². The SMILES string of the molecule is COc1ccccc1N1CCN(CC[C@H](Oc2ccc(C(C)C)c(C)c2)c2ccc(F)cc2)CC1. The van der Waals surface area contributed by atoms with Gasteiger partial charge >= 0.3 is 0 Å². The van der Waals surface area contributed by atoms with E-state index < -0.39 is 0 Å². The maximum Gasteiger partial charge on any atom is 0.142 e. The number of ether oxygens (including phenoxy) is 2. The number of methoxy groups -OCH3 is 1. The zero-order valence-corrected chi connectivity index (χ0v) is 21.3. The minimum Gasteiger partial charge on any atom is -0.495 e. The molecule has 4 nitrogen and oxygen atoms in total. The molecule has 0 spiro atoms. The summed E-state index contributed by atoms with van der Waals surface area (Å²) in [6.45, 7) is 11.3. The van der Waals surface area contributed by atoms with Crippen LogP contribution in [-0.4, -0.2) is 44.7 Å². The Bertz CT molecular complexity index is 1090. The first-order chi connectivity index (χ1) is 16.9. The maximum absolute atomic E-state index is 13.6. The molecule has 1 saturated heterocycles. The number of halogens is 1. The van der Waals surface area contributed by atoms with E-state index in [9.17, 15) is 4.39 Å². The van der Waals surface area contributed by atoms with E-state index in [-0.39, 0.29) is 11.9 Å². The van der Waals surface area contributed by atoms with Gasteiger partial charge < -0.3 is 14.4 Å². The van der Waals surface area contributed by atoms with Gasteiger partial charge in [-0.25, -0.2) is 4.39 Å². The van der Waals surface area contributed by atoms with Gasteiger partial charge in [-0.15, -0.1) is 0 Å². The van der Waals surface area contributed by atoms with Crippen LogP contribution in [0.25, 0.3) is 0 Å². The molecule has 0 amide bonds. The normalized spacial score (nSPS) is 15.3. The number of hydrogen-bond acceptors (Lipinski definition) is 4. The molecule has 35 heavy (non-hydrogen) atoms. The summed E-state index contributed by atoms with van der Waals surface area (Å²) >= 11 is 0. The summed E-state index contributed by atoms with van der Waals surface area (Å²) in [4.78, 5) is 4.88. The van der Waals surface area contributed by atoms with E-state index in [2.05, 4.69) is 60.9 Å². The highest BCUT2D eigenvalue weighted by atomic mass is 19.1. The van der Waals surface area contributed by atoms with Gasteiger partial charge in [0, 0.05) is 39.1 Å². The molecule has 186 valence electrons. The maximum atomic E-state index is 13.6. The molecule has 0 N–H and O–H groups in total. The number of benzene rings is 3. The molecular weight excluding hydrogens is 439 g/mol. The highest BCUT2D eigenvalue weighted by Gasteiger charge is 2.22. The number of piperazine rings is 1. The molecule has 0 aliphatic carbocycles. The monoisotopic (exact) mass is 476 g/mol. The van der Waals surface area contributed by atoms with Crippen molar-refractivity contribution in [1.29, 1.82) is 0 Å².